The number of hydrogen-bond acceptors (Lipinski definition) is 2. The molecule has 0 aromatic heterocycles. The average Bonchev–Trinajstić information content (AvgIpc) is 2.70. The van der Waals surface area contributed by atoms with Gasteiger partial charge < -0.3 is 0 Å². The molecule has 0 fully saturated rings. The molecule has 4 aromatic rings. The Bertz CT molecular complexity index is 1050. The molecule has 27 heavy (non-hydrogen) atoms. The highest BCUT2D eigenvalue weighted by Gasteiger charge is 2.08. The van der Waals surface area contributed by atoms with Gasteiger partial charge in [-0.2, -0.15) is 5.10 Å². The highest BCUT2D eigenvalue weighted by Crippen LogP contribution is 2.21. The molecule has 0 atom stereocenters. The summed E-state index contributed by atoms with van der Waals surface area (Å²) in [7, 11) is 0. The number of halogens is 2. The average molecular weight is 391 g/mol. The maximum atomic E-state index is 6.04. The van der Waals surface area contributed by atoms with Crippen LogP contribution in [0.15, 0.2) is 96.1 Å². The van der Waals surface area contributed by atoms with Crippen molar-refractivity contribution < 1.29 is 0 Å². The van der Waals surface area contributed by atoms with Gasteiger partial charge in [-0.1, -0.05) is 77.8 Å². The SMILES string of the molecule is Clc1ccc(C(=NNc2ccc3ccccc3c2)c2ccc(Cl)cc2)cc1. The number of nitrogens with zero attached hydrogens (tertiary/aromatic N) is 1. The lowest BCUT2D eigenvalue weighted by atomic mass is 10.0. The number of hydrogen-bond donors (Lipinski definition) is 1. The summed E-state index contributed by atoms with van der Waals surface area (Å²) in [6.07, 6.45) is 0. The third-order valence-corrected chi connectivity index (χ3v) is 4.79. The Labute approximate surface area is 168 Å². The van der Waals surface area contributed by atoms with Crippen molar-refractivity contribution >= 4 is 45.4 Å². The molecule has 0 amide bonds. The number of anilines is 1. The fourth-order valence-corrected chi connectivity index (χ4v) is 3.14. The molecule has 0 aliphatic rings. The molecule has 0 spiro atoms. The van der Waals surface area contributed by atoms with E-state index in [9.17, 15) is 0 Å². The Morgan fingerprint density at radius 1 is 0.630 bits per heavy atom. The van der Waals surface area contributed by atoms with Crippen LogP contribution in [0.25, 0.3) is 10.8 Å². The standard InChI is InChI=1S/C23H16Cl2N2/c24-20-10-5-17(6-11-20)23(18-7-12-21(25)13-8-18)27-26-22-14-9-16-3-1-2-4-19(16)15-22/h1-15,26H. The van der Waals surface area contributed by atoms with Gasteiger partial charge in [0.2, 0.25) is 0 Å². The smallest absolute Gasteiger partial charge is 0.0978 e. The molecule has 4 rings (SSSR count). The molecular formula is C23H16Cl2N2. The Morgan fingerprint density at radius 3 is 1.78 bits per heavy atom. The lowest BCUT2D eigenvalue weighted by Gasteiger charge is -2.10. The normalized spacial score (nSPS) is 10.6. The van der Waals surface area contributed by atoms with Crippen molar-refractivity contribution in [1.82, 2.24) is 0 Å². The predicted octanol–water partition coefficient (Wildman–Crippen LogP) is 7.01. The number of rotatable bonds is 4. The molecule has 0 radical (unpaired) electrons. The van der Waals surface area contributed by atoms with Crippen LogP contribution in [0.4, 0.5) is 5.69 Å². The van der Waals surface area contributed by atoms with Crippen LogP contribution < -0.4 is 5.43 Å². The van der Waals surface area contributed by atoms with Crippen molar-refractivity contribution in [3.63, 3.8) is 0 Å². The van der Waals surface area contributed by atoms with Crippen molar-refractivity contribution in [2.75, 3.05) is 5.43 Å². The van der Waals surface area contributed by atoms with E-state index in [4.69, 9.17) is 23.2 Å². The fraction of sp³-hybridized carbons (Fsp3) is 0. The molecule has 2 nitrogen and oxygen atoms in total. The lowest BCUT2D eigenvalue weighted by molar-refractivity contribution is 1.33. The minimum Gasteiger partial charge on any atom is -0.278 e. The van der Waals surface area contributed by atoms with Crippen molar-refractivity contribution in [1.29, 1.82) is 0 Å². The van der Waals surface area contributed by atoms with E-state index in [1.807, 2.05) is 66.7 Å². The summed E-state index contributed by atoms with van der Waals surface area (Å²) in [5, 5.41) is 8.42. The van der Waals surface area contributed by atoms with Crippen LogP contribution in [0.5, 0.6) is 0 Å². The van der Waals surface area contributed by atoms with E-state index in [2.05, 4.69) is 34.8 Å². The summed E-state index contributed by atoms with van der Waals surface area (Å²) in [6.45, 7) is 0. The van der Waals surface area contributed by atoms with Crippen molar-refractivity contribution in [2.45, 2.75) is 0 Å². The van der Waals surface area contributed by atoms with Gasteiger partial charge in [0.1, 0.15) is 0 Å². The van der Waals surface area contributed by atoms with Crippen LogP contribution in [0.1, 0.15) is 11.1 Å². The second-order valence-electron chi connectivity index (χ2n) is 6.15. The summed E-state index contributed by atoms with van der Waals surface area (Å²) >= 11 is 12.1. The van der Waals surface area contributed by atoms with Gasteiger partial charge >= 0.3 is 0 Å². The van der Waals surface area contributed by atoms with Crippen molar-refractivity contribution in [2.24, 2.45) is 5.10 Å². The molecular weight excluding hydrogens is 375 g/mol. The second-order valence-corrected chi connectivity index (χ2v) is 7.02. The molecule has 0 saturated carbocycles. The first-order valence-corrected chi connectivity index (χ1v) is 9.29. The van der Waals surface area contributed by atoms with Gasteiger partial charge in [-0.15, -0.1) is 0 Å². The number of benzene rings is 4. The molecule has 0 saturated heterocycles. The van der Waals surface area contributed by atoms with Gasteiger partial charge in [-0.25, -0.2) is 0 Å². The molecule has 4 aromatic carbocycles. The topological polar surface area (TPSA) is 24.4 Å². The summed E-state index contributed by atoms with van der Waals surface area (Å²) in [4.78, 5) is 0. The lowest BCUT2D eigenvalue weighted by Crippen LogP contribution is -2.06. The predicted molar refractivity (Wildman–Crippen MR) is 116 cm³/mol. The van der Waals surface area contributed by atoms with Gasteiger partial charge in [-0.3, -0.25) is 5.43 Å². The fourth-order valence-electron chi connectivity index (χ4n) is 2.89. The van der Waals surface area contributed by atoms with E-state index in [1.165, 1.54) is 5.39 Å². The molecule has 1 N–H and O–H groups in total. The first-order chi connectivity index (χ1) is 13.2. The van der Waals surface area contributed by atoms with Gasteiger partial charge in [0.05, 0.1) is 11.4 Å². The molecule has 4 heteroatoms. The minimum absolute atomic E-state index is 0.691. The molecule has 132 valence electrons. The molecule has 0 aliphatic heterocycles. The van der Waals surface area contributed by atoms with E-state index in [0.29, 0.717) is 10.0 Å². The maximum absolute atomic E-state index is 6.04. The monoisotopic (exact) mass is 390 g/mol. The zero-order valence-corrected chi connectivity index (χ0v) is 15.9. The van der Waals surface area contributed by atoms with Gasteiger partial charge in [-0.05, 0) is 47.2 Å². The first-order valence-electron chi connectivity index (χ1n) is 8.53. The van der Waals surface area contributed by atoms with E-state index in [0.717, 1.165) is 27.9 Å². The van der Waals surface area contributed by atoms with E-state index >= 15 is 0 Å². The third-order valence-electron chi connectivity index (χ3n) is 4.28. The molecule has 0 unspecified atom stereocenters. The number of hydrazone groups is 1. The highest BCUT2D eigenvalue weighted by atomic mass is 35.5. The quantitative estimate of drug-likeness (QED) is 0.294. The van der Waals surface area contributed by atoms with Crippen LogP contribution in [0.3, 0.4) is 0 Å². The first kappa shape index (κ1) is 17.6. The van der Waals surface area contributed by atoms with Crippen LogP contribution in [0, 0.1) is 0 Å². The largest absolute Gasteiger partial charge is 0.278 e. The minimum atomic E-state index is 0.691. The van der Waals surface area contributed by atoms with Crippen LogP contribution in [0.2, 0.25) is 10.0 Å². The van der Waals surface area contributed by atoms with E-state index in [1.54, 1.807) is 0 Å². The van der Waals surface area contributed by atoms with Crippen LogP contribution in [-0.4, -0.2) is 5.71 Å². The zero-order valence-electron chi connectivity index (χ0n) is 14.4. The molecule has 0 heterocycles. The molecule has 0 aliphatic carbocycles. The van der Waals surface area contributed by atoms with Crippen molar-refractivity contribution in [3.8, 4) is 0 Å². The van der Waals surface area contributed by atoms with Gasteiger partial charge in [0.25, 0.3) is 0 Å². The zero-order chi connectivity index (χ0) is 18.6. The van der Waals surface area contributed by atoms with Gasteiger partial charge in [0, 0.05) is 21.2 Å². The van der Waals surface area contributed by atoms with Crippen LogP contribution in [-0.2, 0) is 0 Å². The molecule has 0 bridgehead atoms. The van der Waals surface area contributed by atoms with Crippen molar-refractivity contribution in [3.05, 3.63) is 112 Å². The Kier molecular flexibility index (Phi) is 5.10. The summed E-state index contributed by atoms with van der Waals surface area (Å²) in [6, 6.07) is 29.7. The summed E-state index contributed by atoms with van der Waals surface area (Å²) in [5.41, 5.74) is 6.86. The summed E-state index contributed by atoms with van der Waals surface area (Å²) in [5.74, 6) is 0. The highest BCUT2D eigenvalue weighted by molar-refractivity contribution is 6.31. The summed E-state index contributed by atoms with van der Waals surface area (Å²) < 4.78 is 0. The maximum Gasteiger partial charge on any atom is 0.0978 e. The van der Waals surface area contributed by atoms with E-state index in [-0.39, 0.29) is 0 Å². The van der Waals surface area contributed by atoms with Crippen LogP contribution >= 0.6 is 23.2 Å². The third kappa shape index (κ3) is 4.13. The Morgan fingerprint density at radius 2 is 1.19 bits per heavy atom. The second kappa shape index (κ2) is 7.83. The number of nitrogens with one attached hydrogen (secondary N) is 1. The van der Waals surface area contributed by atoms with Gasteiger partial charge in [0.15, 0.2) is 0 Å². The Hall–Kier alpha value is -2.81. The number of fused-ring (bicyclic) bond motifs is 1. The van der Waals surface area contributed by atoms with E-state index < -0.39 is 0 Å². The Balaban J connectivity index is 1.72.